The van der Waals surface area contributed by atoms with Gasteiger partial charge in [0.05, 0.1) is 12.7 Å². The molecule has 0 radical (unpaired) electrons. The largest absolute Gasteiger partial charge is 0.497 e. The Labute approximate surface area is 178 Å². The van der Waals surface area contributed by atoms with E-state index in [1.165, 1.54) is 0 Å². The van der Waals surface area contributed by atoms with Gasteiger partial charge in [-0.05, 0) is 36.6 Å². The van der Waals surface area contributed by atoms with E-state index >= 15 is 0 Å². The highest BCUT2D eigenvalue weighted by Crippen LogP contribution is 2.39. The second-order valence-electron chi connectivity index (χ2n) is 8.19. The molecule has 6 heteroatoms. The van der Waals surface area contributed by atoms with Crippen molar-refractivity contribution in [3.8, 4) is 17.2 Å². The van der Waals surface area contributed by atoms with Crippen LogP contribution in [-0.4, -0.2) is 54.8 Å². The van der Waals surface area contributed by atoms with Crippen LogP contribution in [0.25, 0.3) is 0 Å². The lowest BCUT2D eigenvalue weighted by atomic mass is 10.1. The molecular formula is C24H29N3O3. The van der Waals surface area contributed by atoms with E-state index in [2.05, 4.69) is 18.7 Å². The zero-order valence-electron chi connectivity index (χ0n) is 17.9. The minimum atomic E-state index is 0.244. The molecule has 1 amide bonds. The monoisotopic (exact) mass is 407 g/mol. The molecule has 0 atom stereocenters. The summed E-state index contributed by atoms with van der Waals surface area (Å²) in [6, 6.07) is 13.7. The van der Waals surface area contributed by atoms with E-state index in [1.807, 2.05) is 47.4 Å². The van der Waals surface area contributed by atoms with Crippen LogP contribution in [-0.2, 0) is 4.79 Å². The Hall–Kier alpha value is -3.02. The summed E-state index contributed by atoms with van der Waals surface area (Å²) in [7, 11) is 1.65. The Kier molecular flexibility index (Phi) is 5.93. The van der Waals surface area contributed by atoms with Crippen molar-refractivity contribution in [2.75, 3.05) is 33.3 Å². The molecule has 0 unspecified atom stereocenters. The molecule has 4 rings (SSSR count). The van der Waals surface area contributed by atoms with Crippen LogP contribution in [0.2, 0.25) is 0 Å². The average Bonchev–Trinajstić information content (AvgIpc) is 3.07. The summed E-state index contributed by atoms with van der Waals surface area (Å²) in [6.07, 6.45) is 1.52. The molecule has 1 saturated heterocycles. The number of hydrogen-bond acceptors (Lipinski definition) is 5. The highest BCUT2D eigenvalue weighted by molar-refractivity contribution is 6.04. The van der Waals surface area contributed by atoms with Crippen molar-refractivity contribution < 1.29 is 14.3 Å². The van der Waals surface area contributed by atoms with Crippen molar-refractivity contribution in [2.45, 2.75) is 26.7 Å². The third-order valence-corrected chi connectivity index (χ3v) is 5.47. The van der Waals surface area contributed by atoms with Gasteiger partial charge >= 0.3 is 0 Å². The smallest absolute Gasteiger partial charge is 0.222 e. The standard InChI is InChI=1S/C24H29N3O3/c1-17(2)15-23(28)26-11-6-12-27(14-13-26)24-19-10-9-18(29-3)16-22(19)30-21-8-5-4-7-20(21)25-24/h4-5,7-10,16-17H,6,11-15H2,1-3H3. The molecule has 2 aliphatic heterocycles. The van der Waals surface area contributed by atoms with E-state index in [4.69, 9.17) is 14.5 Å². The molecule has 0 spiro atoms. The van der Waals surface area contributed by atoms with E-state index < -0.39 is 0 Å². The number of benzene rings is 2. The van der Waals surface area contributed by atoms with E-state index in [1.54, 1.807) is 7.11 Å². The average molecular weight is 408 g/mol. The molecule has 0 N–H and O–H groups in total. The quantitative estimate of drug-likeness (QED) is 0.754. The van der Waals surface area contributed by atoms with Crippen LogP contribution in [0.1, 0.15) is 32.3 Å². The third kappa shape index (κ3) is 4.27. The maximum atomic E-state index is 12.6. The lowest BCUT2D eigenvalue weighted by Crippen LogP contribution is -2.38. The fourth-order valence-electron chi connectivity index (χ4n) is 3.93. The number of ether oxygens (including phenoxy) is 2. The van der Waals surface area contributed by atoms with Gasteiger partial charge in [0.1, 0.15) is 23.0 Å². The highest BCUT2D eigenvalue weighted by atomic mass is 16.5. The van der Waals surface area contributed by atoms with Crippen molar-refractivity contribution in [1.29, 1.82) is 0 Å². The lowest BCUT2D eigenvalue weighted by molar-refractivity contribution is -0.131. The maximum absolute atomic E-state index is 12.6. The van der Waals surface area contributed by atoms with E-state index in [9.17, 15) is 4.79 Å². The van der Waals surface area contributed by atoms with Gasteiger partial charge in [-0.2, -0.15) is 0 Å². The van der Waals surface area contributed by atoms with Crippen molar-refractivity contribution in [3.63, 3.8) is 0 Å². The van der Waals surface area contributed by atoms with Crippen LogP contribution in [0.4, 0.5) is 5.69 Å². The number of methoxy groups -OCH3 is 1. The summed E-state index contributed by atoms with van der Waals surface area (Å²) >= 11 is 0. The van der Waals surface area contributed by atoms with E-state index in [-0.39, 0.29) is 5.91 Å². The number of fused-ring (bicyclic) bond motifs is 2. The van der Waals surface area contributed by atoms with Crippen LogP contribution >= 0.6 is 0 Å². The molecule has 1 fully saturated rings. The van der Waals surface area contributed by atoms with Crippen LogP contribution in [0.3, 0.4) is 0 Å². The molecule has 2 heterocycles. The zero-order valence-corrected chi connectivity index (χ0v) is 17.9. The summed E-state index contributed by atoms with van der Waals surface area (Å²) < 4.78 is 11.6. The van der Waals surface area contributed by atoms with Gasteiger partial charge in [-0.1, -0.05) is 26.0 Å². The van der Waals surface area contributed by atoms with Gasteiger partial charge in [-0.15, -0.1) is 0 Å². The summed E-state index contributed by atoms with van der Waals surface area (Å²) in [4.78, 5) is 21.8. The van der Waals surface area contributed by atoms with Gasteiger partial charge in [0.15, 0.2) is 5.75 Å². The SMILES string of the molecule is COc1ccc2c(c1)Oc1ccccc1N=C2N1CCCN(C(=O)CC(C)C)CC1. The summed E-state index contributed by atoms with van der Waals surface area (Å²) in [6.45, 7) is 7.26. The zero-order chi connectivity index (χ0) is 21.1. The van der Waals surface area contributed by atoms with E-state index in [0.29, 0.717) is 18.9 Å². The highest BCUT2D eigenvalue weighted by Gasteiger charge is 2.26. The minimum Gasteiger partial charge on any atom is -0.497 e. The molecule has 2 aromatic rings. The van der Waals surface area contributed by atoms with Crippen LogP contribution in [0, 0.1) is 5.92 Å². The molecular weight excluding hydrogens is 378 g/mol. The van der Waals surface area contributed by atoms with Crippen molar-refractivity contribution >= 4 is 17.4 Å². The van der Waals surface area contributed by atoms with Gasteiger partial charge in [0.25, 0.3) is 0 Å². The van der Waals surface area contributed by atoms with Crippen molar-refractivity contribution in [2.24, 2.45) is 10.9 Å². The van der Waals surface area contributed by atoms with Crippen LogP contribution in [0.5, 0.6) is 17.2 Å². The number of aliphatic imine (C=N–C) groups is 1. The second-order valence-corrected chi connectivity index (χ2v) is 8.19. The lowest BCUT2D eigenvalue weighted by Gasteiger charge is -2.25. The van der Waals surface area contributed by atoms with Gasteiger partial charge in [0, 0.05) is 38.7 Å². The van der Waals surface area contributed by atoms with Gasteiger partial charge in [0.2, 0.25) is 5.91 Å². The summed E-state index contributed by atoms with van der Waals surface area (Å²) in [5.41, 5.74) is 1.74. The number of carbonyl (C=O) groups excluding carboxylic acids is 1. The van der Waals surface area contributed by atoms with Crippen LogP contribution < -0.4 is 9.47 Å². The third-order valence-electron chi connectivity index (χ3n) is 5.47. The first-order valence-electron chi connectivity index (χ1n) is 10.6. The van der Waals surface area contributed by atoms with Crippen molar-refractivity contribution in [1.82, 2.24) is 9.80 Å². The van der Waals surface area contributed by atoms with Crippen molar-refractivity contribution in [3.05, 3.63) is 48.0 Å². The molecule has 6 nitrogen and oxygen atoms in total. The Bertz CT molecular complexity index is 954. The molecule has 2 aliphatic rings. The Morgan fingerprint density at radius 3 is 2.73 bits per heavy atom. The van der Waals surface area contributed by atoms with E-state index in [0.717, 1.165) is 60.4 Å². The molecule has 0 saturated carbocycles. The number of amides is 1. The predicted octanol–water partition coefficient (Wildman–Crippen LogP) is 4.46. The molecule has 158 valence electrons. The van der Waals surface area contributed by atoms with Gasteiger partial charge < -0.3 is 19.3 Å². The molecule has 0 aliphatic carbocycles. The number of carbonyl (C=O) groups is 1. The first kappa shape index (κ1) is 20.3. The number of rotatable bonds is 3. The number of amidine groups is 1. The molecule has 0 bridgehead atoms. The maximum Gasteiger partial charge on any atom is 0.222 e. The van der Waals surface area contributed by atoms with Crippen LogP contribution in [0.15, 0.2) is 47.5 Å². The molecule has 0 aromatic heterocycles. The fourth-order valence-corrected chi connectivity index (χ4v) is 3.93. The predicted molar refractivity (Wildman–Crippen MR) is 118 cm³/mol. The second kappa shape index (κ2) is 8.78. The first-order valence-corrected chi connectivity index (χ1v) is 10.6. The number of hydrogen-bond donors (Lipinski definition) is 0. The summed E-state index contributed by atoms with van der Waals surface area (Å²) in [5, 5.41) is 0. The Balaban J connectivity index is 1.65. The minimum absolute atomic E-state index is 0.244. The number of nitrogens with zero attached hydrogens (tertiary/aromatic N) is 3. The molecule has 2 aromatic carbocycles. The Morgan fingerprint density at radius 1 is 1.10 bits per heavy atom. The van der Waals surface area contributed by atoms with Gasteiger partial charge in [-0.25, -0.2) is 4.99 Å². The van der Waals surface area contributed by atoms with Gasteiger partial charge in [-0.3, -0.25) is 4.79 Å². The normalized spacial score (nSPS) is 16.1. The Morgan fingerprint density at radius 2 is 1.93 bits per heavy atom. The first-order chi connectivity index (χ1) is 14.5. The molecule has 30 heavy (non-hydrogen) atoms. The fraction of sp³-hybridized carbons (Fsp3) is 0.417. The topological polar surface area (TPSA) is 54.4 Å². The summed E-state index contributed by atoms with van der Waals surface area (Å²) in [5.74, 6) is 3.71. The number of para-hydroxylation sites is 2.